The number of hydrogen-bond donors (Lipinski definition) is 0. The molecule has 3 fully saturated rings. The second kappa shape index (κ2) is 8.29. The number of fused-ring (bicyclic) bond motifs is 1. The van der Waals surface area contributed by atoms with Crippen molar-refractivity contribution in [3.8, 4) is 6.07 Å². The van der Waals surface area contributed by atoms with Crippen LogP contribution in [0.5, 0.6) is 0 Å². The lowest BCUT2D eigenvalue weighted by atomic mass is 10.0. The summed E-state index contributed by atoms with van der Waals surface area (Å²) in [5, 5.41) is 9.46. The molecule has 2 saturated heterocycles. The van der Waals surface area contributed by atoms with E-state index >= 15 is 0 Å². The van der Waals surface area contributed by atoms with Gasteiger partial charge in [-0.15, -0.1) is 0 Å². The van der Waals surface area contributed by atoms with Gasteiger partial charge in [-0.1, -0.05) is 12.8 Å². The van der Waals surface area contributed by atoms with Crippen molar-refractivity contribution in [2.75, 3.05) is 55.7 Å². The first-order chi connectivity index (χ1) is 14.3. The minimum absolute atomic E-state index is 0.501. The van der Waals surface area contributed by atoms with E-state index in [0.29, 0.717) is 18.6 Å². The summed E-state index contributed by atoms with van der Waals surface area (Å²) in [6.45, 7) is 6.54. The van der Waals surface area contributed by atoms with Gasteiger partial charge in [0.1, 0.15) is 5.82 Å². The molecular formula is C22H30N6O. The summed E-state index contributed by atoms with van der Waals surface area (Å²) in [6.07, 6.45) is 11.1. The standard InChI is InChI=1S/C22H30N6O/c23-14-17-13-18-15-24-22(25-21(18)28(16-17)20-3-1-2-4-20)27-7-5-19(6-8-27)26-9-11-29-12-10-26/h13,15,19-20H,1-12,16H2. The second-order valence-corrected chi connectivity index (χ2v) is 8.66. The monoisotopic (exact) mass is 394 g/mol. The first-order valence-corrected chi connectivity index (χ1v) is 11.1. The predicted octanol–water partition coefficient (Wildman–Crippen LogP) is 2.45. The van der Waals surface area contributed by atoms with E-state index in [-0.39, 0.29) is 0 Å². The zero-order chi connectivity index (χ0) is 19.6. The maximum Gasteiger partial charge on any atom is 0.227 e. The fourth-order valence-electron chi connectivity index (χ4n) is 5.31. The largest absolute Gasteiger partial charge is 0.379 e. The molecule has 5 rings (SSSR count). The number of ether oxygens (including phenoxy) is 1. The lowest BCUT2D eigenvalue weighted by Gasteiger charge is -2.40. The van der Waals surface area contributed by atoms with Crippen LogP contribution in [0.15, 0.2) is 11.8 Å². The number of nitriles is 1. The number of anilines is 2. The van der Waals surface area contributed by atoms with Crippen molar-refractivity contribution in [1.82, 2.24) is 14.9 Å². The normalized spacial score (nSPS) is 24.3. The summed E-state index contributed by atoms with van der Waals surface area (Å²) in [5.74, 6) is 1.87. The molecule has 0 bridgehead atoms. The summed E-state index contributed by atoms with van der Waals surface area (Å²) in [6, 6.07) is 3.51. The molecular weight excluding hydrogens is 364 g/mol. The van der Waals surface area contributed by atoms with E-state index in [1.165, 1.54) is 25.7 Å². The van der Waals surface area contributed by atoms with E-state index in [9.17, 15) is 5.26 Å². The zero-order valence-corrected chi connectivity index (χ0v) is 17.1. The number of rotatable bonds is 3. The lowest BCUT2D eigenvalue weighted by molar-refractivity contribution is 0.0114. The average molecular weight is 395 g/mol. The van der Waals surface area contributed by atoms with Gasteiger partial charge < -0.3 is 14.5 Å². The van der Waals surface area contributed by atoms with Gasteiger partial charge in [-0.05, 0) is 31.8 Å². The van der Waals surface area contributed by atoms with Crippen molar-refractivity contribution in [2.24, 2.45) is 0 Å². The molecule has 0 spiro atoms. The number of morpholine rings is 1. The highest BCUT2D eigenvalue weighted by atomic mass is 16.5. The van der Waals surface area contributed by atoms with Crippen LogP contribution in [0.1, 0.15) is 44.1 Å². The first kappa shape index (κ1) is 18.8. The van der Waals surface area contributed by atoms with Crippen molar-refractivity contribution in [1.29, 1.82) is 5.26 Å². The van der Waals surface area contributed by atoms with Crippen LogP contribution in [-0.2, 0) is 4.74 Å². The maximum absolute atomic E-state index is 9.46. The molecule has 1 saturated carbocycles. The lowest BCUT2D eigenvalue weighted by Crippen LogP contribution is -2.49. The molecule has 0 radical (unpaired) electrons. The number of piperidine rings is 1. The number of aromatic nitrogens is 2. The van der Waals surface area contributed by atoms with E-state index < -0.39 is 0 Å². The molecule has 1 aromatic rings. The third-order valence-electron chi connectivity index (χ3n) is 6.94. The molecule has 0 unspecified atom stereocenters. The Balaban J connectivity index is 1.33. The van der Waals surface area contributed by atoms with Crippen molar-refractivity contribution < 1.29 is 4.74 Å². The van der Waals surface area contributed by atoms with Crippen molar-refractivity contribution in [3.05, 3.63) is 17.3 Å². The smallest absolute Gasteiger partial charge is 0.227 e. The molecule has 4 heterocycles. The van der Waals surface area contributed by atoms with Gasteiger partial charge in [0, 0.05) is 55.6 Å². The van der Waals surface area contributed by atoms with Gasteiger partial charge in [-0.3, -0.25) is 4.90 Å². The van der Waals surface area contributed by atoms with Gasteiger partial charge in [0.25, 0.3) is 0 Å². The summed E-state index contributed by atoms with van der Waals surface area (Å²) < 4.78 is 5.50. The molecule has 3 aliphatic heterocycles. The summed E-state index contributed by atoms with van der Waals surface area (Å²) in [5.41, 5.74) is 1.80. The van der Waals surface area contributed by atoms with Crippen molar-refractivity contribution in [3.63, 3.8) is 0 Å². The van der Waals surface area contributed by atoms with E-state index in [2.05, 4.69) is 25.8 Å². The molecule has 0 atom stereocenters. The van der Waals surface area contributed by atoms with Gasteiger partial charge in [0.15, 0.2) is 0 Å². The second-order valence-electron chi connectivity index (χ2n) is 8.66. The van der Waals surface area contributed by atoms with Gasteiger partial charge in [0.2, 0.25) is 5.95 Å². The Morgan fingerprint density at radius 1 is 1.00 bits per heavy atom. The highest BCUT2D eigenvalue weighted by molar-refractivity contribution is 5.73. The maximum atomic E-state index is 9.46. The van der Waals surface area contributed by atoms with Crippen molar-refractivity contribution >= 4 is 17.8 Å². The Bertz CT molecular complexity index is 798. The molecule has 29 heavy (non-hydrogen) atoms. The molecule has 1 aliphatic carbocycles. The fraction of sp³-hybridized carbons (Fsp3) is 0.682. The van der Waals surface area contributed by atoms with Crippen LogP contribution in [0.4, 0.5) is 11.8 Å². The third kappa shape index (κ3) is 3.84. The Hall–Kier alpha value is -2.17. The summed E-state index contributed by atoms with van der Waals surface area (Å²) >= 11 is 0. The quantitative estimate of drug-likeness (QED) is 0.780. The van der Waals surface area contributed by atoms with Crippen LogP contribution in [-0.4, -0.2) is 72.9 Å². The van der Waals surface area contributed by atoms with Crippen LogP contribution >= 0.6 is 0 Å². The van der Waals surface area contributed by atoms with Crippen LogP contribution in [0, 0.1) is 11.3 Å². The highest BCUT2D eigenvalue weighted by Gasteiger charge is 2.31. The molecule has 7 heteroatoms. The van der Waals surface area contributed by atoms with Crippen molar-refractivity contribution in [2.45, 2.75) is 50.6 Å². The van der Waals surface area contributed by atoms with Crippen LogP contribution in [0.3, 0.4) is 0 Å². The minimum Gasteiger partial charge on any atom is -0.379 e. The predicted molar refractivity (Wildman–Crippen MR) is 113 cm³/mol. The zero-order valence-electron chi connectivity index (χ0n) is 17.1. The molecule has 0 N–H and O–H groups in total. The summed E-state index contributed by atoms with van der Waals surface area (Å²) in [4.78, 5) is 17.0. The molecule has 4 aliphatic rings. The molecule has 7 nitrogen and oxygen atoms in total. The van der Waals surface area contributed by atoms with E-state index in [1.54, 1.807) is 0 Å². The highest BCUT2D eigenvalue weighted by Crippen LogP contribution is 2.35. The Morgan fingerprint density at radius 3 is 2.48 bits per heavy atom. The van der Waals surface area contributed by atoms with E-state index in [0.717, 1.165) is 75.1 Å². The first-order valence-electron chi connectivity index (χ1n) is 11.1. The van der Waals surface area contributed by atoms with Gasteiger partial charge in [0.05, 0.1) is 25.8 Å². The van der Waals surface area contributed by atoms with Gasteiger partial charge >= 0.3 is 0 Å². The van der Waals surface area contributed by atoms with Gasteiger partial charge in [-0.25, -0.2) is 4.98 Å². The topological polar surface area (TPSA) is 68.5 Å². The van der Waals surface area contributed by atoms with Crippen LogP contribution < -0.4 is 9.80 Å². The number of nitrogens with zero attached hydrogens (tertiary/aromatic N) is 6. The van der Waals surface area contributed by atoms with Crippen LogP contribution in [0.25, 0.3) is 6.08 Å². The average Bonchev–Trinajstić information content (AvgIpc) is 3.33. The van der Waals surface area contributed by atoms with Gasteiger partial charge in [-0.2, -0.15) is 10.2 Å². The molecule has 1 aromatic heterocycles. The third-order valence-corrected chi connectivity index (χ3v) is 6.94. The Kier molecular flexibility index (Phi) is 5.38. The molecule has 0 aromatic carbocycles. The van der Waals surface area contributed by atoms with E-state index in [4.69, 9.17) is 9.72 Å². The molecule has 0 amide bonds. The summed E-state index contributed by atoms with van der Waals surface area (Å²) in [7, 11) is 0. The number of hydrogen-bond acceptors (Lipinski definition) is 7. The Labute approximate surface area is 173 Å². The molecule has 154 valence electrons. The minimum atomic E-state index is 0.501. The SMILES string of the molecule is N#CC1=Cc2cnc(N3CCC(N4CCOCC4)CC3)nc2N(C2CCCC2)C1. The fourth-order valence-corrected chi connectivity index (χ4v) is 5.31. The van der Waals surface area contributed by atoms with Crippen LogP contribution in [0.2, 0.25) is 0 Å². The van der Waals surface area contributed by atoms with E-state index in [1.807, 2.05) is 12.3 Å². The Morgan fingerprint density at radius 2 is 1.76 bits per heavy atom.